The van der Waals surface area contributed by atoms with Gasteiger partial charge in [0.15, 0.2) is 11.5 Å². The number of amides is 4. The number of imide groups is 2. The van der Waals surface area contributed by atoms with Crippen LogP contribution in [0.5, 0.6) is 17.2 Å². The van der Waals surface area contributed by atoms with Gasteiger partial charge in [-0.25, -0.2) is 9.69 Å². The molecule has 4 amide bonds. The van der Waals surface area contributed by atoms with E-state index in [1.54, 1.807) is 36.4 Å². The van der Waals surface area contributed by atoms with E-state index in [1.807, 2.05) is 26.0 Å². The van der Waals surface area contributed by atoms with Crippen LogP contribution in [0.4, 0.5) is 10.5 Å². The van der Waals surface area contributed by atoms with Gasteiger partial charge in [-0.2, -0.15) is 0 Å². The molecule has 214 valence electrons. The standard InChI is InChI=1S/C32H33BrN2O6/c1-5-21(4)23-9-13-25(14-10-23)40-15-16-41-29-27(33)18-22(19-28(29)39-6-2)17-26-30(36)34-32(38)35(31(26)37)24-11-7-20(3)8-12-24/h7-14,17-19,21H,5-6,15-16H2,1-4H3,(H,34,36,38)/b26-17+/t21-/m1/s1. The molecule has 1 N–H and O–H groups in total. The van der Waals surface area contributed by atoms with Crippen LogP contribution in [0.15, 0.2) is 70.7 Å². The maximum atomic E-state index is 13.3. The highest BCUT2D eigenvalue weighted by molar-refractivity contribution is 9.10. The lowest BCUT2D eigenvalue weighted by molar-refractivity contribution is -0.122. The first-order chi connectivity index (χ1) is 19.7. The number of urea groups is 1. The number of hydrogen-bond donors (Lipinski definition) is 1. The van der Waals surface area contributed by atoms with Crippen LogP contribution < -0.4 is 24.4 Å². The molecule has 1 saturated heterocycles. The molecular weight excluding hydrogens is 588 g/mol. The molecule has 0 saturated carbocycles. The Balaban J connectivity index is 1.49. The van der Waals surface area contributed by atoms with Crippen LogP contribution in [0.3, 0.4) is 0 Å². The molecule has 9 heteroatoms. The van der Waals surface area contributed by atoms with Gasteiger partial charge in [0.2, 0.25) is 0 Å². The van der Waals surface area contributed by atoms with Crippen LogP contribution in [0.1, 0.15) is 49.8 Å². The quantitative estimate of drug-likeness (QED) is 0.144. The molecule has 1 fully saturated rings. The number of carbonyl (C=O) groups is 3. The Labute approximate surface area is 248 Å². The van der Waals surface area contributed by atoms with Crippen molar-refractivity contribution < 1.29 is 28.6 Å². The third-order valence-electron chi connectivity index (χ3n) is 6.70. The Morgan fingerprint density at radius 2 is 1.61 bits per heavy atom. The van der Waals surface area contributed by atoms with Crippen molar-refractivity contribution in [1.82, 2.24) is 5.32 Å². The van der Waals surface area contributed by atoms with Crippen LogP contribution in [0, 0.1) is 6.92 Å². The summed E-state index contributed by atoms with van der Waals surface area (Å²) in [5, 5.41) is 2.25. The van der Waals surface area contributed by atoms with Gasteiger partial charge in [-0.1, -0.05) is 43.7 Å². The van der Waals surface area contributed by atoms with Gasteiger partial charge in [-0.15, -0.1) is 0 Å². The molecule has 4 rings (SSSR count). The van der Waals surface area contributed by atoms with E-state index in [2.05, 4.69) is 47.2 Å². The van der Waals surface area contributed by atoms with E-state index in [-0.39, 0.29) is 12.2 Å². The second-order valence-corrected chi connectivity index (χ2v) is 10.5. The first-order valence-corrected chi connectivity index (χ1v) is 14.3. The molecular formula is C32H33BrN2O6. The molecule has 0 radical (unpaired) electrons. The van der Waals surface area contributed by atoms with Crippen LogP contribution in [-0.2, 0) is 9.59 Å². The summed E-state index contributed by atoms with van der Waals surface area (Å²) in [5.74, 6) is 0.682. The smallest absolute Gasteiger partial charge is 0.335 e. The van der Waals surface area contributed by atoms with E-state index < -0.39 is 17.8 Å². The number of barbiturate groups is 1. The lowest BCUT2D eigenvalue weighted by atomic mass is 9.99. The molecule has 0 spiro atoms. The molecule has 1 aliphatic heterocycles. The van der Waals surface area contributed by atoms with Crippen molar-refractivity contribution in [1.29, 1.82) is 0 Å². The van der Waals surface area contributed by atoms with Crippen LogP contribution in [0.25, 0.3) is 6.08 Å². The lowest BCUT2D eigenvalue weighted by Crippen LogP contribution is -2.54. The van der Waals surface area contributed by atoms with E-state index >= 15 is 0 Å². The Bertz CT molecular complexity index is 1450. The molecule has 0 unspecified atom stereocenters. The van der Waals surface area contributed by atoms with E-state index in [0.717, 1.165) is 22.6 Å². The second kappa shape index (κ2) is 13.5. The summed E-state index contributed by atoms with van der Waals surface area (Å²) in [4.78, 5) is 39.3. The number of halogens is 1. The summed E-state index contributed by atoms with van der Waals surface area (Å²) in [6.07, 6.45) is 2.50. The molecule has 0 aliphatic carbocycles. The van der Waals surface area contributed by atoms with Crippen LogP contribution in [0.2, 0.25) is 0 Å². The minimum Gasteiger partial charge on any atom is -0.490 e. The Kier molecular flexibility index (Phi) is 9.83. The SMILES string of the molecule is CCOc1cc(/C=C2\C(=O)NC(=O)N(c3ccc(C)cc3)C2=O)cc(Br)c1OCCOc1ccc([C@H](C)CC)cc1. The van der Waals surface area contributed by atoms with Gasteiger partial charge in [-0.3, -0.25) is 14.9 Å². The molecule has 3 aromatic carbocycles. The maximum absolute atomic E-state index is 13.3. The Morgan fingerprint density at radius 1 is 0.927 bits per heavy atom. The highest BCUT2D eigenvalue weighted by atomic mass is 79.9. The fourth-order valence-corrected chi connectivity index (χ4v) is 4.83. The Hall–Kier alpha value is -4.11. The number of aryl methyl sites for hydroxylation is 1. The minimum atomic E-state index is -0.797. The predicted octanol–water partition coefficient (Wildman–Crippen LogP) is 6.79. The molecule has 41 heavy (non-hydrogen) atoms. The first kappa shape index (κ1) is 29.9. The van der Waals surface area contributed by atoms with Crippen molar-refractivity contribution in [2.24, 2.45) is 0 Å². The fraction of sp³-hybridized carbons (Fsp3) is 0.281. The van der Waals surface area contributed by atoms with E-state index in [9.17, 15) is 14.4 Å². The summed E-state index contributed by atoms with van der Waals surface area (Å²) in [6, 6.07) is 17.6. The molecule has 1 heterocycles. The molecule has 3 aromatic rings. The lowest BCUT2D eigenvalue weighted by Gasteiger charge is -2.26. The number of ether oxygens (including phenoxy) is 3. The van der Waals surface area contributed by atoms with Gasteiger partial charge in [0.1, 0.15) is 24.5 Å². The number of nitrogens with one attached hydrogen (secondary N) is 1. The summed E-state index contributed by atoms with van der Waals surface area (Å²) in [5.41, 5.74) is 2.95. The number of rotatable bonds is 11. The van der Waals surface area contributed by atoms with E-state index in [0.29, 0.717) is 46.4 Å². The second-order valence-electron chi connectivity index (χ2n) is 9.63. The average Bonchev–Trinajstić information content (AvgIpc) is 2.95. The summed E-state index contributed by atoms with van der Waals surface area (Å²) in [6.45, 7) is 9.07. The van der Waals surface area contributed by atoms with Gasteiger partial charge < -0.3 is 14.2 Å². The molecule has 0 bridgehead atoms. The number of carbonyl (C=O) groups excluding carboxylic acids is 3. The predicted molar refractivity (Wildman–Crippen MR) is 162 cm³/mol. The van der Waals surface area contributed by atoms with Crippen molar-refractivity contribution in [3.63, 3.8) is 0 Å². The highest BCUT2D eigenvalue weighted by Gasteiger charge is 2.36. The van der Waals surface area contributed by atoms with Gasteiger partial charge in [-0.05, 0) is 95.7 Å². The first-order valence-electron chi connectivity index (χ1n) is 13.5. The molecule has 0 aromatic heterocycles. The third-order valence-corrected chi connectivity index (χ3v) is 7.29. The van der Waals surface area contributed by atoms with Gasteiger partial charge >= 0.3 is 6.03 Å². The number of nitrogens with zero attached hydrogens (tertiary/aromatic N) is 1. The number of benzene rings is 3. The topological polar surface area (TPSA) is 94.2 Å². The third kappa shape index (κ3) is 7.16. The van der Waals surface area contributed by atoms with Gasteiger partial charge in [0.05, 0.1) is 16.8 Å². The zero-order chi connectivity index (χ0) is 29.5. The largest absolute Gasteiger partial charge is 0.490 e. The van der Waals surface area contributed by atoms with Crippen LogP contribution >= 0.6 is 15.9 Å². The Morgan fingerprint density at radius 3 is 2.27 bits per heavy atom. The fourth-order valence-electron chi connectivity index (χ4n) is 4.26. The van der Waals surface area contributed by atoms with Crippen LogP contribution in [-0.4, -0.2) is 37.7 Å². The summed E-state index contributed by atoms with van der Waals surface area (Å²) in [7, 11) is 0. The van der Waals surface area contributed by atoms with Crippen molar-refractivity contribution in [3.8, 4) is 17.2 Å². The average molecular weight is 622 g/mol. The monoisotopic (exact) mass is 620 g/mol. The minimum absolute atomic E-state index is 0.180. The molecule has 8 nitrogen and oxygen atoms in total. The van der Waals surface area contributed by atoms with E-state index in [4.69, 9.17) is 14.2 Å². The summed E-state index contributed by atoms with van der Waals surface area (Å²) < 4.78 is 18.2. The number of anilines is 1. The maximum Gasteiger partial charge on any atom is 0.335 e. The molecule has 1 atom stereocenters. The summed E-state index contributed by atoms with van der Waals surface area (Å²) >= 11 is 3.53. The van der Waals surface area contributed by atoms with Gasteiger partial charge in [0, 0.05) is 0 Å². The van der Waals surface area contributed by atoms with E-state index in [1.165, 1.54) is 11.6 Å². The van der Waals surface area contributed by atoms with Crippen molar-refractivity contribution in [2.75, 3.05) is 24.7 Å². The molecule has 1 aliphatic rings. The zero-order valence-corrected chi connectivity index (χ0v) is 25.1. The van der Waals surface area contributed by atoms with Crippen molar-refractivity contribution >= 4 is 45.5 Å². The zero-order valence-electron chi connectivity index (χ0n) is 23.5. The van der Waals surface area contributed by atoms with Crippen molar-refractivity contribution in [3.05, 3.63) is 87.4 Å². The van der Waals surface area contributed by atoms with Gasteiger partial charge in [0.25, 0.3) is 11.8 Å². The van der Waals surface area contributed by atoms with Crippen molar-refractivity contribution in [2.45, 2.75) is 40.0 Å². The number of hydrogen-bond acceptors (Lipinski definition) is 6. The normalized spacial score (nSPS) is 15.1. The highest BCUT2D eigenvalue weighted by Crippen LogP contribution is 2.38.